The second kappa shape index (κ2) is 4.41. The average molecular weight is 265 g/mol. The van der Waals surface area contributed by atoms with Crippen molar-refractivity contribution in [3.63, 3.8) is 0 Å². The lowest BCUT2D eigenvalue weighted by Crippen LogP contribution is -1.98. The molecule has 2 rings (SSSR count). The summed E-state index contributed by atoms with van der Waals surface area (Å²) >= 11 is 0.781. The molecule has 7 nitrogen and oxygen atoms in total. The number of nitrogen functional groups attached to an aromatic ring is 1. The second-order valence-electron chi connectivity index (χ2n) is 3.38. The summed E-state index contributed by atoms with van der Waals surface area (Å²) in [5.74, 6) is -1.14. The highest BCUT2D eigenvalue weighted by molar-refractivity contribution is 7.09. The molecule has 92 valence electrons. The lowest BCUT2D eigenvalue weighted by Gasteiger charge is -1.98. The molecule has 0 aliphatic carbocycles. The standard InChI is InChI=1S/C10H7N3O4S/c11-7-8(12-18-9(7)10(14)15)5-1-3-6(4-2-5)13(16)17/h1-4H,11H2,(H,14,15). The fraction of sp³-hybridized carbons (Fsp3) is 0. The Bertz CT molecular complexity index is 621. The summed E-state index contributed by atoms with van der Waals surface area (Å²) in [5, 5.41) is 19.3. The van der Waals surface area contributed by atoms with E-state index in [0.717, 1.165) is 11.5 Å². The van der Waals surface area contributed by atoms with Gasteiger partial charge in [-0.25, -0.2) is 4.79 Å². The molecule has 0 bridgehead atoms. The molecule has 1 aromatic carbocycles. The van der Waals surface area contributed by atoms with Crippen LogP contribution in [0.1, 0.15) is 9.67 Å². The molecule has 0 saturated carbocycles. The van der Waals surface area contributed by atoms with Crippen LogP contribution in [0.4, 0.5) is 11.4 Å². The minimum absolute atomic E-state index is 0.0386. The van der Waals surface area contributed by atoms with Crippen molar-refractivity contribution < 1.29 is 14.8 Å². The Kier molecular flexibility index (Phi) is 2.94. The summed E-state index contributed by atoms with van der Waals surface area (Å²) in [6.07, 6.45) is 0. The third-order valence-electron chi connectivity index (χ3n) is 2.27. The zero-order valence-corrected chi connectivity index (χ0v) is 9.68. The van der Waals surface area contributed by atoms with Crippen LogP contribution in [0, 0.1) is 10.1 Å². The van der Waals surface area contributed by atoms with E-state index in [9.17, 15) is 14.9 Å². The first-order chi connectivity index (χ1) is 8.50. The van der Waals surface area contributed by atoms with Gasteiger partial charge in [0.25, 0.3) is 5.69 Å². The summed E-state index contributed by atoms with van der Waals surface area (Å²) in [4.78, 5) is 20.8. The molecule has 0 aliphatic heterocycles. The van der Waals surface area contributed by atoms with E-state index in [1.807, 2.05) is 0 Å². The maximum atomic E-state index is 10.8. The van der Waals surface area contributed by atoms with Crippen LogP contribution in [0.25, 0.3) is 11.3 Å². The van der Waals surface area contributed by atoms with Gasteiger partial charge in [0.1, 0.15) is 5.69 Å². The van der Waals surface area contributed by atoms with E-state index in [4.69, 9.17) is 10.8 Å². The normalized spacial score (nSPS) is 10.2. The predicted molar refractivity (Wildman–Crippen MR) is 65.6 cm³/mol. The first kappa shape index (κ1) is 12.0. The molecule has 3 N–H and O–H groups in total. The largest absolute Gasteiger partial charge is 0.477 e. The van der Waals surface area contributed by atoms with Crippen molar-refractivity contribution in [1.29, 1.82) is 0 Å². The summed E-state index contributed by atoms with van der Waals surface area (Å²) in [6, 6.07) is 5.59. The molecule has 0 amide bonds. The molecule has 2 aromatic rings. The van der Waals surface area contributed by atoms with Crippen LogP contribution in [-0.2, 0) is 0 Å². The molecule has 0 spiro atoms. The van der Waals surface area contributed by atoms with Crippen LogP contribution in [-0.4, -0.2) is 20.4 Å². The van der Waals surface area contributed by atoms with E-state index in [-0.39, 0.29) is 16.3 Å². The van der Waals surface area contributed by atoms with E-state index >= 15 is 0 Å². The molecular weight excluding hydrogens is 258 g/mol. The molecule has 0 fully saturated rings. The Morgan fingerprint density at radius 1 is 1.39 bits per heavy atom. The summed E-state index contributed by atoms with van der Waals surface area (Å²) < 4.78 is 3.95. The number of carboxylic acids is 1. The Balaban J connectivity index is 2.43. The van der Waals surface area contributed by atoms with Crippen molar-refractivity contribution in [1.82, 2.24) is 4.37 Å². The van der Waals surface area contributed by atoms with Gasteiger partial charge in [-0.05, 0) is 23.7 Å². The van der Waals surface area contributed by atoms with Gasteiger partial charge in [0.05, 0.1) is 10.6 Å². The quantitative estimate of drug-likeness (QED) is 0.647. The molecule has 18 heavy (non-hydrogen) atoms. The minimum Gasteiger partial charge on any atom is -0.477 e. The van der Waals surface area contributed by atoms with Gasteiger partial charge in [-0.3, -0.25) is 10.1 Å². The zero-order chi connectivity index (χ0) is 13.3. The molecule has 0 saturated heterocycles. The minimum atomic E-state index is -1.14. The number of nitro groups is 1. The molecule has 0 radical (unpaired) electrons. The number of benzene rings is 1. The van der Waals surface area contributed by atoms with Crippen molar-refractivity contribution >= 4 is 28.9 Å². The number of rotatable bonds is 3. The van der Waals surface area contributed by atoms with Gasteiger partial charge in [-0.1, -0.05) is 0 Å². The summed E-state index contributed by atoms with van der Waals surface area (Å²) in [7, 11) is 0. The van der Waals surface area contributed by atoms with Crippen molar-refractivity contribution in [2.45, 2.75) is 0 Å². The lowest BCUT2D eigenvalue weighted by molar-refractivity contribution is -0.384. The Morgan fingerprint density at radius 2 is 2.00 bits per heavy atom. The Labute approximate surface area is 105 Å². The highest BCUT2D eigenvalue weighted by Gasteiger charge is 2.18. The number of hydrogen-bond donors (Lipinski definition) is 2. The number of non-ortho nitro benzene ring substituents is 1. The van der Waals surface area contributed by atoms with E-state index in [2.05, 4.69) is 4.37 Å². The van der Waals surface area contributed by atoms with E-state index in [0.29, 0.717) is 11.3 Å². The van der Waals surface area contributed by atoms with Gasteiger partial charge in [-0.15, -0.1) is 0 Å². The lowest BCUT2D eigenvalue weighted by atomic mass is 10.1. The van der Waals surface area contributed by atoms with Crippen LogP contribution in [0.3, 0.4) is 0 Å². The number of nitrogens with two attached hydrogens (primary N) is 1. The maximum absolute atomic E-state index is 10.8. The van der Waals surface area contributed by atoms with Crippen LogP contribution in [0.2, 0.25) is 0 Å². The van der Waals surface area contributed by atoms with E-state index in [1.54, 1.807) is 0 Å². The number of nitrogens with zero attached hydrogens (tertiary/aromatic N) is 2. The number of carboxylic acid groups (broad SMARTS) is 1. The topological polar surface area (TPSA) is 119 Å². The average Bonchev–Trinajstić information content (AvgIpc) is 2.71. The van der Waals surface area contributed by atoms with Crippen molar-refractivity contribution in [2.75, 3.05) is 5.73 Å². The first-order valence-corrected chi connectivity index (χ1v) is 5.51. The monoisotopic (exact) mass is 265 g/mol. The van der Waals surface area contributed by atoms with Crippen molar-refractivity contribution in [2.24, 2.45) is 0 Å². The third-order valence-corrected chi connectivity index (χ3v) is 3.12. The molecule has 0 aliphatic rings. The van der Waals surface area contributed by atoms with Gasteiger partial charge in [0.15, 0.2) is 4.88 Å². The van der Waals surface area contributed by atoms with Gasteiger partial charge >= 0.3 is 5.97 Å². The molecule has 8 heteroatoms. The maximum Gasteiger partial charge on any atom is 0.349 e. The SMILES string of the molecule is Nc1c(-c2ccc([N+](=O)[O-])cc2)nsc1C(=O)O. The number of nitro benzene ring substituents is 1. The van der Waals surface area contributed by atoms with E-state index in [1.165, 1.54) is 24.3 Å². The van der Waals surface area contributed by atoms with Crippen molar-refractivity contribution in [3.05, 3.63) is 39.3 Å². The smallest absolute Gasteiger partial charge is 0.349 e. The van der Waals surface area contributed by atoms with Gasteiger partial charge in [-0.2, -0.15) is 4.37 Å². The number of aromatic carboxylic acids is 1. The van der Waals surface area contributed by atoms with Gasteiger partial charge in [0.2, 0.25) is 0 Å². The highest BCUT2D eigenvalue weighted by atomic mass is 32.1. The first-order valence-electron chi connectivity index (χ1n) is 4.74. The summed E-state index contributed by atoms with van der Waals surface area (Å²) in [6.45, 7) is 0. The van der Waals surface area contributed by atoms with Gasteiger partial charge in [0, 0.05) is 17.7 Å². The van der Waals surface area contributed by atoms with Crippen LogP contribution in [0.15, 0.2) is 24.3 Å². The predicted octanol–water partition coefficient (Wildman–Crippen LogP) is 2.00. The van der Waals surface area contributed by atoms with Gasteiger partial charge < -0.3 is 10.8 Å². The van der Waals surface area contributed by atoms with Crippen LogP contribution in [0.5, 0.6) is 0 Å². The highest BCUT2D eigenvalue weighted by Crippen LogP contribution is 2.31. The number of carbonyl (C=O) groups is 1. The third kappa shape index (κ3) is 2.00. The van der Waals surface area contributed by atoms with Crippen LogP contribution >= 0.6 is 11.5 Å². The Hall–Kier alpha value is -2.48. The summed E-state index contributed by atoms with van der Waals surface area (Å²) in [5.41, 5.74) is 6.56. The number of hydrogen-bond acceptors (Lipinski definition) is 6. The van der Waals surface area contributed by atoms with Crippen LogP contribution < -0.4 is 5.73 Å². The van der Waals surface area contributed by atoms with E-state index < -0.39 is 10.9 Å². The fourth-order valence-corrected chi connectivity index (χ4v) is 2.06. The molecule has 1 heterocycles. The molecule has 0 unspecified atom stereocenters. The molecular formula is C10H7N3O4S. The second-order valence-corrected chi connectivity index (χ2v) is 4.16. The number of aromatic nitrogens is 1. The van der Waals surface area contributed by atoms with Crippen molar-refractivity contribution in [3.8, 4) is 11.3 Å². The fourth-order valence-electron chi connectivity index (χ4n) is 1.40. The Morgan fingerprint density at radius 3 is 2.44 bits per heavy atom. The number of anilines is 1. The zero-order valence-electron chi connectivity index (χ0n) is 8.86. The molecule has 0 atom stereocenters. The molecule has 1 aromatic heterocycles.